The number of hydrogen-bond donors (Lipinski definition) is 2. The third-order valence-electron chi connectivity index (χ3n) is 7.99. The summed E-state index contributed by atoms with van der Waals surface area (Å²) in [6, 6.07) is 15.8. The third-order valence-corrected chi connectivity index (χ3v) is 7.99. The van der Waals surface area contributed by atoms with Crippen LogP contribution in [0.15, 0.2) is 52.9 Å². The predicted octanol–water partition coefficient (Wildman–Crippen LogP) is 3.71. The van der Waals surface area contributed by atoms with Gasteiger partial charge in [0, 0.05) is 78.8 Å². The van der Waals surface area contributed by atoms with Crippen LogP contribution < -0.4 is 15.7 Å². The third kappa shape index (κ3) is 6.45. The standard InChI is InChI=1S/C35H38N4O6/c1-6-36-27-19-29-25(17-21(27)3)34(26-18-22(4)28(37-7-2)20-30(26)44-29)23-11-8-9-12-24(23)35(43)38(5)16-10-13-33(42)45-39-31(40)14-15-32(39)41/h8-9,11-12,17-20,36H,6-7,10,13-16H2,1-5H3/p+1. The van der Waals surface area contributed by atoms with Crippen LogP contribution in [0.1, 0.15) is 61.0 Å². The number of hydroxylamine groups is 2. The van der Waals surface area contributed by atoms with E-state index in [-0.39, 0.29) is 31.7 Å². The number of anilines is 1. The Hall–Kier alpha value is -4.99. The Kier molecular flexibility index (Phi) is 9.32. The van der Waals surface area contributed by atoms with Crippen LogP contribution in [0.4, 0.5) is 5.69 Å². The molecule has 0 bridgehead atoms. The Morgan fingerprint density at radius 3 is 2.44 bits per heavy atom. The summed E-state index contributed by atoms with van der Waals surface area (Å²) in [4.78, 5) is 59.7. The fraction of sp³-hybridized carbons (Fsp3) is 0.343. The van der Waals surface area contributed by atoms with Gasteiger partial charge < -0.3 is 19.5 Å². The van der Waals surface area contributed by atoms with E-state index in [0.29, 0.717) is 28.4 Å². The number of hydrogen-bond acceptors (Lipinski definition) is 7. The number of benzene rings is 3. The van der Waals surface area contributed by atoms with E-state index in [0.717, 1.165) is 57.3 Å². The van der Waals surface area contributed by atoms with Crippen molar-refractivity contribution < 1.29 is 33.4 Å². The van der Waals surface area contributed by atoms with E-state index in [2.05, 4.69) is 50.1 Å². The highest BCUT2D eigenvalue weighted by atomic mass is 16.7. The zero-order chi connectivity index (χ0) is 32.2. The number of fused-ring (bicyclic) bond motifs is 2. The summed E-state index contributed by atoms with van der Waals surface area (Å²) < 4.78 is 6.51. The fourth-order valence-corrected chi connectivity index (χ4v) is 5.71. The highest BCUT2D eigenvalue weighted by Gasteiger charge is 2.33. The van der Waals surface area contributed by atoms with Crippen LogP contribution in [0.5, 0.6) is 0 Å². The highest BCUT2D eigenvalue weighted by Crippen LogP contribution is 2.43. The number of aryl methyl sites for hydroxylation is 2. The van der Waals surface area contributed by atoms with Gasteiger partial charge in [0.25, 0.3) is 17.7 Å². The SMILES string of the molecule is CCNc1cc2oc3cc(=[NH+]CC)c(C)cc-3c(-c3ccccc3C(=O)N(C)CCCC(=O)ON3C(=O)CCC3=O)c2cc1C. The van der Waals surface area contributed by atoms with Crippen molar-refractivity contribution in [3.8, 4) is 22.5 Å². The Morgan fingerprint density at radius 1 is 1.00 bits per heavy atom. The molecular formula is C35H39N4O6+. The lowest BCUT2D eigenvalue weighted by atomic mass is 9.89. The van der Waals surface area contributed by atoms with Crippen molar-refractivity contribution in [2.24, 2.45) is 0 Å². The van der Waals surface area contributed by atoms with Crippen molar-refractivity contribution >= 4 is 40.3 Å². The van der Waals surface area contributed by atoms with Gasteiger partial charge in [-0.05, 0) is 63.4 Å². The molecular weight excluding hydrogens is 572 g/mol. The molecule has 3 amide bonds. The van der Waals surface area contributed by atoms with Crippen LogP contribution in [0.2, 0.25) is 0 Å². The van der Waals surface area contributed by atoms with Gasteiger partial charge in [0.15, 0.2) is 0 Å². The summed E-state index contributed by atoms with van der Waals surface area (Å²) in [5.41, 5.74) is 6.91. The van der Waals surface area contributed by atoms with Gasteiger partial charge in [-0.15, -0.1) is 5.06 Å². The Bertz CT molecular complexity index is 1830. The summed E-state index contributed by atoms with van der Waals surface area (Å²) in [7, 11) is 1.69. The monoisotopic (exact) mass is 611 g/mol. The van der Waals surface area contributed by atoms with Crippen molar-refractivity contribution in [1.29, 1.82) is 0 Å². The number of nitrogens with zero attached hydrogens (tertiary/aromatic N) is 2. The van der Waals surface area contributed by atoms with Gasteiger partial charge in [-0.3, -0.25) is 14.4 Å². The van der Waals surface area contributed by atoms with Gasteiger partial charge in [-0.1, -0.05) is 18.2 Å². The Morgan fingerprint density at radius 2 is 1.73 bits per heavy atom. The average Bonchev–Trinajstić information content (AvgIpc) is 3.33. The molecule has 3 aliphatic rings. The molecule has 0 saturated carbocycles. The van der Waals surface area contributed by atoms with Crippen molar-refractivity contribution in [2.75, 3.05) is 32.0 Å². The molecule has 1 aliphatic carbocycles. The molecule has 0 radical (unpaired) electrons. The summed E-state index contributed by atoms with van der Waals surface area (Å²) in [5, 5.41) is 5.83. The molecule has 0 atom stereocenters. The smallest absolute Gasteiger partial charge is 0.333 e. The first-order valence-electron chi connectivity index (χ1n) is 15.4. The second-order valence-corrected chi connectivity index (χ2v) is 11.3. The molecule has 2 heterocycles. The molecule has 2 N–H and O–H groups in total. The maximum atomic E-state index is 13.9. The van der Waals surface area contributed by atoms with E-state index < -0.39 is 17.8 Å². The van der Waals surface area contributed by atoms with E-state index in [9.17, 15) is 19.2 Å². The Balaban J connectivity index is 1.50. The lowest BCUT2D eigenvalue weighted by Crippen LogP contribution is -2.76. The van der Waals surface area contributed by atoms with Crippen molar-refractivity contribution in [3.05, 3.63) is 70.6 Å². The molecule has 10 heteroatoms. The summed E-state index contributed by atoms with van der Waals surface area (Å²) >= 11 is 0. The van der Waals surface area contributed by atoms with E-state index in [4.69, 9.17) is 9.25 Å². The van der Waals surface area contributed by atoms with Gasteiger partial charge in [0.1, 0.15) is 17.9 Å². The first-order valence-corrected chi connectivity index (χ1v) is 15.4. The summed E-state index contributed by atoms with van der Waals surface area (Å²) in [6.07, 6.45) is 0.325. The van der Waals surface area contributed by atoms with Gasteiger partial charge >= 0.3 is 5.97 Å². The maximum absolute atomic E-state index is 13.9. The topological polar surface area (TPSA) is 123 Å². The van der Waals surface area contributed by atoms with Gasteiger partial charge in [0.05, 0.1) is 6.07 Å². The van der Waals surface area contributed by atoms with E-state index >= 15 is 0 Å². The van der Waals surface area contributed by atoms with Gasteiger partial charge in [-0.25, -0.2) is 9.79 Å². The maximum Gasteiger partial charge on any atom is 0.333 e. The second kappa shape index (κ2) is 13.3. The molecule has 1 fully saturated rings. The predicted molar refractivity (Wildman–Crippen MR) is 170 cm³/mol. The minimum absolute atomic E-state index is 0.0373. The molecule has 10 nitrogen and oxygen atoms in total. The van der Waals surface area contributed by atoms with E-state index in [1.807, 2.05) is 36.4 Å². The minimum atomic E-state index is -0.689. The van der Waals surface area contributed by atoms with Gasteiger partial charge in [0.2, 0.25) is 5.36 Å². The highest BCUT2D eigenvalue weighted by molar-refractivity contribution is 6.09. The molecule has 2 aromatic carbocycles. The summed E-state index contributed by atoms with van der Waals surface area (Å²) in [5.74, 6) is -1.23. The number of nitrogens with one attached hydrogen (secondary N) is 2. The molecule has 2 aromatic rings. The van der Waals surface area contributed by atoms with Crippen LogP contribution in [0, 0.1) is 13.8 Å². The van der Waals surface area contributed by atoms with Crippen molar-refractivity contribution in [1.82, 2.24) is 9.96 Å². The van der Waals surface area contributed by atoms with Crippen LogP contribution in [-0.2, 0) is 19.2 Å². The van der Waals surface area contributed by atoms with Crippen LogP contribution >= 0.6 is 0 Å². The molecule has 45 heavy (non-hydrogen) atoms. The molecule has 1 saturated heterocycles. The molecule has 234 valence electrons. The number of carbonyl (C=O) groups is 4. The number of rotatable bonds is 10. The molecule has 0 spiro atoms. The zero-order valence-electron chi connectivity index (χ0n) is 26.4. The van der Waals surface area contributed by atoms with Crippen molar-refractivity contribution in [3.63, 3.8) is 0 Å². The number of carbonyl (C=O) groups excluding carboxylic acids is 4. The molecule has 0 unspecified atom stereocenters. The van der Waals surface area contributed by atoms with E-state index in [1.165, 1.54) is 0 Å². The average molecular weight is 612 g/mol. The first-order chi connectivity index (χ1) is 21.6. The lowest BCUT2D eigenvalue weighted by molar-refractivity contribution is -0.496. The lowest BCUT2D eigenvalue weighted by Gasteiger charge is -2.22. The number of amides is 3. The summed E-state index contributed by atoms with van der Waals surface area (Å²) in [6.45, 7) is 10.0. The largest absolute Gasteiger partial charge is 0.456 e. The van der Waals surface area contributed by atoms with E-state index in [1.54, 1.807) is 11.9 Å². The number of imide groups is 1. The molecule has 2 aliphatic heterocycles. The normalized spacial score (nSPS) is 13.6. The van der Waals surface area contributed by atoms with Gasteiger partial charge in [-0.2, -0.15) is 0 Å². The van der Waals surface area contributed by atoms with Crippen molar-refractivity contribution in [2.45, 2.75) is 53.4 Å². The first kappa shape index (κ1) is 31.4. The van der Waals surface area contributed by atoms with Crippen LogP contribution in [-0.4, -0.2) is 60.3 Å². The quantitative estimate of drug-likeness (QED) is 0.207. The molecule has 5 rings (SSSR count). The zero-order valence-corrected chi connectivity index (χ0v) is 26.4. The fourth-order valence-electron chi connectivity index (χ4n) is 5.71. The molecule has 0 aromatic heterocycles. The second-order valence-electron chi connectivity index (χ2n) is 11.3. The van der Waals surface area contributed by atoms with Crippen LogP contribution in [0.3, 0.4) is 0 Å². The Labute approximate surface area is 262 Å². The minimum Gasteiger partial charge on any atom is -0.456 e. The van der Waals surface area contributed by atoms with Crippen LogP contribution in [0.25, 0.3) is 33.4 Å².